The molecular formula is C18H20N2O2S. The average Bonchev–Trinajstić information content (AvgIpc) is 2.84. The second kappa shape index (κ2) is 6.16. The minimum Gasteiger partial charge on any atom is -0.365 e. The number of benzene rings is 1. The highest BCUT2D eigenvalue weighted by molar-refractivity contribution is 7.17. The average molecular weight is 328 g/mol. The smallest absolute Gasteiger partial charge is 0.256 e. The van der Waals surface area contributed by atoms with E-state index < -0.39 is 5.91 Å². The summed E-state index contributed by atoms with van der Waals surface area (Å²) in [6.07, 6.45) is 2.91. The lowest BCUT2D eigenvalue weighted by Crippen LogP contribution is -2.20. The molecule has 1 unspecified atom stereocenters. The third-order valence-corrected chi connectivity index (χ3v) is 5.58. The van der Waals surface area contributed by atoms with Gasteiger partial charge in [-0.1, -0.05) is 25.1 Å². The van der Waals surface area contributed by atoms with Crippen molar-refractivity contribution < 1.29 is 9.59 Å². The van der Waals surface area contributed by atoms with Crippen LogP contribution in [0.5, 0.6) is 0 Å². The molecule has 1 aliphatic carbocycles. The molecule has 3 N–H and O–H groups in total. The number of aryl methyl sites for hydroxylation is 2. The van der Waals surface area contributed by atoms with Crippen LogP contribution < -0.4 is 11.1 Å². The van der Waals surface area contributed by atoms with Crippen LogP contribution in [0.25, 0.3) is 0 Å². The van der Waals surface area contributed by atoms with E-state index in [-0.39, 0.29) is 5.91 Å². The lowest BCUT2D eigenvalue weighted by Gasteiger charge is -2.18. The number of amides is 2. The Balaban J connectivity index is 1.96. The van der Waals surface area contributed by atoms with E-state index in [1.54, 1.807) is 6.07 Å². The van der Waals surface area contributed by atoms with E-state index >= 15 is 0 Å². The monoisotopic (exact) mass is 328 g/mol. The fraction of sp³-hybridized carbons (Fsp3) is 0.333. The predicted octanol–water partition coefficient (Wildman–Crippen LogP) is 3.53. The van der Waals surface area contributed by atoms with Gasteiger partial charge in [0.05, 0.1) is 5.56 Å². The van der Waals surface area contributed by atoms with Gasteiger partial charge in [0.2, 0.25) is 0 Å². The van der Waals surface area contributed by atoms with Gasteiger partial charge in [0.25, 0.3) is 11.8 Å². The molecule has 1 aliphatic rings. The maximum Gasteiger partial charge on any atom is 0.256 e. The van der Waals surface area contributed by atoms with Crippen molar-refractivity contribution in [3.8, 4) is 0 Å². The Kier molecular flexibility index (Phi) is 4.22. The molecular weight excluding hydrogens is 308 g/mol. The predicted molar refractivity (Wildman–Crippen MR) is 93.2 cm³/mol. The second-order valence-corrected chi connectivity index (χ2v) is 7.29. The summed E-state index contributed by atoms with van der Waals surface area (Å²) in [5, 5.41) is 3.49. The van der Waals surface area contributed by atoms with Gasteiger partial charge in [-0.3, -0.25) is 9.59 Å². The molecule has 0 spiro atoms. The molecule has 0 saturated heterocycles. The van der Waals surface area contributed by atoms with Gasteiger partial charge in [0.1, 0.15) is 5.00 Å². The fourth-order valence-corrected chi connectivity index (χ4v) is 4.35. The Morgan fingerprint density at radius 1 is 1.30 bits per heavy atom. The highest BCUT2D eigenvalue weighted by atomic mass is 32.1. The third kappa shape index (κ3) is 3.01. The Bertz CT molecular complexity index is 779. The Hall–Kier alpha value is -2.14. The van der Waals surface area contributed by atoms with Gasteiger partial charge >= 0.3 is 0 Å². The van der Waals surface area contributed by atoms with Gasteiger partial charge in [-0.15, -0.1) is 11.3 Å². The van der Waals surface area contributed by atoms with Crippen LogP contribution in [-0.4, -0.2) is 11.8 Å². The molecule has 0 saturated carbocycles. The van der Waals surface area contributed by atoms with Gasteiger partial charge in [-0.2, -0.15) is 0 Å². The molecule has 2 amide bonds. The SMILES string of the molecule is Cc1ccccc1C(=O)Nc1sc2c(c1C(N)=O)CC(C)CC2. The topological polar surface area (TPSA) is 72.2 Å². The van der Waals surface area contributed by atoms with Crippen molar-refractivity contribution in [2.75, 3.05) is 5.32 Å². The summed E-state index contributed by atoms with van der Waals surface area (Å²) in [5.41, 5.74) is 8.63. The van der Waals surface area contributed by atoms with Crippen molar-refractivity contribution in [1.29, 1.82) is 0 Å². The van der Waals surface area contributed by atoms with Crippen LogP contribution in [0, 0.1) is 12.8 Å². The maximum absolute atomic E-state index is 12.5. The summed E-state index contributed by atoms with van der Waals surface area (Å²) >= 11 is 1.49. The first-order valence-electron chi connectivity index (χ1n) is 7.78. The Morgan fingerprint density at radius 2 is 2.04 bits per heavy atom. The second-order valence-electron chi connectivity index (χ2n) is 6.19. The van der Waals surface area contributed by atoms with E-state index in [0.717, 1.165) is 30.4 Å². The number of hydrogen-bond donors (Lipinski definition) is 2. The molecule has 1 aromatic carbocycles. The number of hydrogen-bond acceptors (Lipinski definition) is 3. The Labute approximate surface area is 139 Å². The van der Waals surface area contributed by atoms with E-state index in [2.05, 4.69) is 12.2 Å². The number of anilines is 1. The third-order valence-electron chi connectivity index (χ3n) is 4.37. The molecule has 4 nitrogen and oxygen atoms in total. The van der Waals surface area contributed by atoms with Crippen molar-refractivity contribution in [3.05, 3.63) is 51.4 Å². The fourth-order valence-electron chi connectivity index (χ4n) is 3.10. The van der Waals surface area contributed by atoms with Crippen molar-refractivity contribution >= 4 is 28.2 Å². The number of thiophene rings is 1. The van der Waals surface area contributed by atoms with Gasteiger partial charge in [0, 0.05) is 10.4 Å². The first-order valence-corrected chi connectivity index (χ1v) is 8.60. The zero-order valence-corrected chi connectivity index (χ0v) is 14.1. The molecule has 120 valence electrons. The molecule has 0 aliphatic heterocycles. The summed E-state index contributed by atoms with van der Waals surface area (Å²) < 4.78 is 0. The maximum atomic E-state index is 12.5. The number of carbonyl (C=O) groups is 2. The van der Waals surface area contributed by atoms with E-state index in [9.17, 15) is 9.59 Å². The summed E-state index contributed by atoms with van der Waals surface area (Å²) in [7, 11) is 0. The first kappa shape index (κ1) is 15.7. The van der Waals surface area contributed by atoms with Crippen LogP contribution in [0.1, 0.15) is 50.1 Å². The normalized spacial score (nSPS) is 16.7. The molecule has 0 bridgehead atoms. The molecule has 1 atom stereocenters. The van der Waals surface area contributed by atoms with Crippen molar-refractivity contribution in [2.24, 2.45) is 11.7 Å². The number of primary amides is 1. The summed E-state index contributed by atoms with van der Waals surface area (Å²) in [6.45, 7) is 4.07. The van der Waals surface area contributed by atoms with Crippen LogP contribution in [0.2, 0.25) is 0 Å². The summed E-state index contributed by atoms with van der Waals surface area (Å²) in [6, 6.07) is 7.40. The molecule has 0 radical (unpaired) electrons. The minimum atomic E-state index is -0.461. The zero-order chi connectivity index (χ0) is 16.6. The first-order chi connectivity index (χ1) is 11.0. The summed E-state index contributed by atoms with van der Waals surface area (Å²) in [5.74, 6) is -0.121. The molecule has 3 rings (SSSR count). The largest absolute Gasteiger partial charge is 0.365 e. The van der Waals surface area contributed by atoms with Crippen LogP contribution in [0.4, 0.5) is 5.00 Å². The Morgan fingerprint density at radius 3 is 2.74 bits per heavy atom. The molecule has 1 aromatic heterocycles. The minimum absolute atomic E-state index is 0.197. The molecule has 23 heavy (non-hydrogen) atoms. The number of nitrogens with one attached hydrogen (secondary N) is 1. The van der Waals surface area contributed by atoms with Gasteiger partial charge in [-0.25, -0.2) is 0 Å². The standard InChI is InChI=1S/C18H20N2O2S/c1-10-7-8-14-13(9-10)15(16(19)21)18(23-14)20-17(22)12-6-4-3-5-11(12)2/h3-6,10H,7-9H2,1-2H3,(H2,19,21)(H,20,22). The van der Waals surface area contributed by atoms with Crippen LogP contribution in [0.15, 0.2) is 24.3 Å². The number of nitrogens with two attached hydrogens (primary N) is 1. The van der Waals surface area contributed by atoms with Crippen LogP contribution in [-0.2, 0) is 12.8 Å². The lowest BCUT2D eigenvalue weighted by molar-refractivity contribution is 0.1000. The van der Waals surface area contributed by atoms with E-state index in [1.807, 2.05) is 25.1 Å². The molecule has 1 heterocycles. The van der Waals surface area contributed by atoms with Crippen LogP contribution in [0.3, 0.4) is 0 Å². The summed E-state index contributed by atoms with van der Waals surface area (Å²) in [4.78, 5) is 25.6. The van der Waals surface area contributed by atoms with E-state index in [1.165, 1.54) is 16.2 Å². The van der Waals surface area contributed by atoms with E-state index in [4.69, 9.17) is 5.73 Å². The highest BCUT2D eigenvalue weighted by Gasteiger charge is 2.27. The van der Waals surface area contributed by atoms with Gasteiger partial charge < -0.3 is 11.1 Å². The van der Waals surface area contributed by atoms with Gasteiger partial charge in [0.15, 0.2) is 0 Å². The molecule has 5 heteroatoms. The van der Waals surface area contributed by atoms with Gasteiger partial charge in [-0.05, 0) is 49.3 Å². The number of fused-ring (bicyclic) bond motifs is 1. The molecule has 0 fully saturated rings. The highest BCUT2D eigenvalue weighted by Crippen LogP contribution is 2.39. The van der Waals surface area contributed by atoms with E-state index in [0.29, 0.717) is 22.0 Å². The van der Waals surface area contributed by atoms with Crippen molar-refractivity contribution in [2.45, 2.75) is 33.1 Å². The van der Waals surface area contributed by atoms with Crippen molar-refractivity contribution in [3.63, 3.8) is 0 Å². The van der Waals surface area contributed by atoms with Crippen LogP contribution >= 0.6 is 11.3 Å². The number of rotatable bonds is 3. The quantitative estimate of drug-likeness (QED) is 0.904. The number of carbonyl (C=O) groups excluding carboxylic acids is 2. The lowest BCUT2D eigenvalue weighted by atomic mass is 9.87. The molecule has 2 aromatic rings. The zero-order valence-electron chi connectivity index (χ0n) is 13.3. The van der Waals surface area contributed by atoms with Crippen molar-refractivity contribution in [1.82, 2.24) is 0 Å².